The molecule has 2 aliphatic heterocycles. The summed E-state index contributed by atoms with van der Waals surface area (Å²) in [7, 11) is 2.09. The van der Waals surface area contributed by atoms with Crippen LogP contribution in [0.3, 0.4) is 0 Å². The molecule has 1 N–H and O–H groups in total. The molecule has 1 aromatic heterocycles. The SMILES string of the molecule is CN1CCNCC1c1noc(COc2ccc(C3SCCCS3)cc2)n1. The Hall–Kier alpha value is -1.22. The number of ether oxygens (including phenoxy) is 1. The first-order valence-corrected chi connectivity index (χ1v) is 11.1. The summed E-state index contributed by atoms with van der Waals surface area (Å²) in [5.74, 6) is 4.57. The third-order valence-electron chi connectivity index (χ3n) is 4.63. The highest BCUT2D eigenvalue weighted by Crippen LogP contribution is 2.43. The molecular weight excluding hydrogens is 368 g/mol. The van der Waals surface area contributed by atoms with E-state index in [1.54, 1.807) is 0 Å². The van der Waals surface area contributed by atoms with E-state index < -0.39 is 0 Å². The molecule has 1 atom stereocenters. The molecule has 2 aromatic rings. The molecule has 0 bridgehead atoms. The zero-order valence-corrected chi connectivity index (χ0v) is 16.5. The molecule has 0 aliphatic carbocycles. The zero-order valence-electron chi connectivity index (χ0n) is 14.9. The molecule has 6 nitrogen and oxygen atoms in total. The second kappa shape index (κ2) is 8.65. The molecule has 0 spiro atoms. The maximum atomic E-state index is 5.82. The first-order valence-electron chi connectivity index (χ1n) is 8.99. The van der Waals surface area contributed by atoms with Gasteiger partial charge in [0.25, 0.3) is 5.89 Å². The second-order valence-electron chi connectivity index (χ2n) is 6.53. The van der Waals surface area contributed by atoms with Gasteiger partial charge in [-0.05, 0) is 42.7 Å². The lowest BCUT2D eigenvalue weighted by Crippen LogP contribution is -2.44. The molecule has 2 saturated heterocycles. The van der Waals surface area contributed by atoms with Crippen LogP contribution in [-0.2, 0) is 6.61 Å². The largest absolute Gasteiger partial charge is 0.484 e. The van der Waals surface area contributed by atoms with Crippen LogP contribution in [0, 0.1) is 0 Å². The van der Waals surface area contributed by atoms with Crippen molar-refractivity contribution in [1.82, 2.24) is 20.4 Å². The zero-order chi connectivity index (χ0) is 17.8. The fraction of sp³-hybridized carbons (Fsp3) is 0.556. The quantitative estimate of drug-likeness (QED) is 0.833. The maximum absolute atomic E-state index is 5.82. The second-order valence-corrected chi connectivity index (χ2v) is 9.26. The molecule has 2 fully saturated rings. The van der Waals surface area contributed by atoms with E-state index >= 15 is 0 Å². The maximum Gasteiger partial charge on any atom is 0.264 e. The Morgan fingerprint density at radius 1 is 1.27 bits per heavy atom. The van der Waals surface area contributed by atoms with Crippen molar-refractivity contribution >= 4 is 23.5 Å². The van der Waals surface area contributed by atoms with Crippen molar-refractivity contribution in [3.05, 3.63) is 41.5 Å². The minimum Gasteiger partial charge on any atom is -0.484 e. The number of hydrogen-bond donors (Lipinski definition) is 1. The van der Waals surface area contributed by atoms with Gasteiger partial charge in [-0.25, -0.2) is 0 Å². The van der Waals surface area contributed by atoms with Crippen molar-refractivity contribution in [2.45, 2.75) is 23.7 Å². The van der Waals surface area contributed by atoms with Gasteiger partial charge in [0.1, 0.15) is 5.75 Å². The number of hydrogen-bond acceptors (Lipinski definition) is 8. The van der Waals surface area contributed by atoms with Gasteiger partial charge in [0, 0.05) is 19.6 Å². The van der Waals surface area contributed by atoms with Crippen molar-refractivity contribution in [3.63, 3.8) is 0 Å². The van der Waals surface area contributed by atoms with Crippen LogP contribution in [0.25, 0.3) is 0 Å². The highest BCUT2D eigenvalue weighted by Gasteiger charge is 2.25. The molecule has 2 aliphatic rings. The van der Waals surface area contributed by atoms with Crippen LogP contribution in [0.5, 0.6) is 5.75 Å². The highest BCUT2D eigenvalue weighted by atomic mass is 32.2. The number of benzene rings is 1. The number of aromatic nitrogens is 2. The van der Waals surface area contributed by atoms with Gasteiger partial charge in [-0.1, -0.05) is 17.3 Å². The molecule has 1 unspecified atom stereocenters. The first kappa shape index (κ1) is 18.2. The van der Waals surface area contributed by atoms with Crippen LogP contribution in [0.15, 0.2) is 28.8 Å². The fourth-order valence-corrected chi connectivity index (χ4v) is 6.00. The number of nitrogens with zero attached hydrogens (tertiary/aromatic N) is 3. The topological polar surface area (TPSA) is 63.4 Å². The van der Waals surface area contributed by atoms with Crippen molar-refractivity contribution in [1.29, 1.82) is 0 Å². The Bertz CT molecular complexity index is 703. The number of nitrogens with one attached hydrogen (secondary N) is 1. The molecule has 8 heteroatoms. The van der Waals surface area contributed by atoms with E-state index in [4.69, 9.17) is 9.26 Å². The summed E-state index contributed by atoms with van der Waals surface area (Å²) in [4.78, 5) is 6.74. The Labute approximate surface area is 162 Å². The molecule has 3 heterocycles. The van der Waals surface area contributed by atoms with Gasteiger partial charge in [0.05, 0.1) is 10.6 Å². The number of rotatable bonds is 5. The predicted molar refractivity (Wildman–Crippen MR) is 106 cm³/mol. The monoisotopic (exact) mass is 392 g/mol. The van der Waals surface area contributed by atoms with E-state index in [0.717, 1.165) is 31.2 Å². The third kappa shape index (κ3) is 4.36. The van der Waals surface area contributed by atoms with E-state index in [2.05, 4.69) is 39.5 Å². The van der Waals surface area contributed by atoms with Crippen LogP contribution in [0.4, 0.5) is 0 Å². The first-order chi connectivity index (χ1) is 12.8. The molecule has 0 amide bonds. The standard InChI is InChI=1S/C18H24N4O2S2/c1-22-8-7-19-11-15(22)17-20-16(24-21-17)12-23-14-5-3-13(4-6-14)18-25-9-2-10-26-18/h3-6,15,18-19H,2,7-12H2,1H3. The lowest BCUT2D eigenvalue weighted by atomic mass is 10.2. The fourth-order valence-electron chi connectivity index (χ4n) is 3.10. The van der Waals surface area contributed by atoms with Crippen LogP contribution in [0.2, 0.25) is 0 Å². The van der Waals surface area contributed by atoms with Gasteiger partial charge in [-0.15, -0.1) is 23.5 Å². The summed E-state index contributed by atoms with van der Waals surface area (Å²) in [6, 6.07) is 8.54. The summed E-state index contributed by atoms with van der Waals surface area (Å²) in [5.41, 5.74) is 1.36. The average Bonchev–Trinajstić information content (AvgIpc) is 3.17. The molecule has 0 radical (unpaired) electrons. The number of thioether (sulfide) groups is 2. The summed E-state index contributed by atoms with van der Waals surface area (Å²) < 4.78 is 11.7. The molecule has 140 valence electrons. The normalized spacial score (nSPS) is 22.4. The van der Waals surface area contributed by atoms with Gasteiger partial charge in [-0.2, -0.15) is 4.98 Å². The Kier molecular flexibility index (Phi) is 6.04. The number of likely N-dealkylation sites (N-methyl/N-ethyl adjacent to an activating group) is 1. The van der Waals surface area contributed by atoms with Crippen molar-refractivity contribution in [3.8, 4) is 5.75 Å². The number of piperazine rings is 1. The average molecular weight is 393 g/mol. The van der Waals surface area contributed by atoms with Gasteiger partial charge in [0.2, 0.25) is 0 Å². The van der Waals surface area contributed by atoms with E-state index in [1.165, 1.54) is 23.5 Å². The summed E-state index contributed by atoms with van der Waals surface area (Å²) in [6.07, 6.45) is 1.31. The minimum atomic E-state index is 0.158. The predicted octanol–water partition coefficient (Wildman–Crippen LogP) is 3.09. The van der Waals surface area contributed by atoms with Crippen molar-refractivity contribution in [2.24, 2.45) is 0 Å². The van der Waals surface area contributed by atoms with Gasteiger partial charge in [0.15, 0.2) is 12.4 Å². The van der Waals surface area contributed by atoms with Gasteiger partial charge >= 0.3 is 0 Å². The highest BCUT2D eigenvalue weighted by molar-refractivity contribution is 8.16. The van der Waals surface area contributed by atoms with Crippen LogP contribution < -0.4 is 10.1 Å². The third-order valence-corrected chi connectivity index (χ3v) is 7.65. The lowest BCUT2D eigenvalue weighted by molar-refractivity contribution is 0.189. The smallest absolute Gasteiger partial charge is 0.264 e. The van der Waals surface area contributed by atoms with Crippen LogP contribution >= 0.6 is 23.5 Å². The summed E-state index contributed by atoms with van der Waals surface area (Å²) in [5, 5.41) is 7.49. The molecule has 4 rings (SSSR count). The Balaban J connectivity index is 1.32. The van der Waals surface area contributed by atoms with E-state index in [-0.39, 0.29) is 6.04 Å². The van der Waals surface area contributed by atoms with Gasteiger partial charge in [-0.3, -0.25) is 4.90 Å². The van der Waals surface area contributed by atoms with Crippen molar-refractivity contribution < 1.29 is 9.26 Å². The van der Waals surface area contributed by atoms with E-state index in [0.29, 0.717) is 17.1 Å². The minimum absolute atomic E-state index is 0.158. The Morgan fingerprint density at radius 2 is 2.08 bits per heavy atom. The van der Waals surface area contributed by atoms with Crippen molar-refractivity contribution in [2.75, 3.05) is 38.2 Å². The van der Waals surface area contributed by atoms with Crippen LogP contribution in [0.1, 0.15) is 34.3 Å². The molecule has 26 heavy (non-hydrogen) atoms. The lowest BCUT2D eigenvalue weighted by Gasteiger charge is -2.30. The van der Waals surface area contributed by atoms with E-state index in [9.17, 15) is 0 Å². The van der Waals surface area contributed by atoms with E-state index in [1.807, 2.05) is 35.7 Å². The van der Waals surface area contributed by atoms with Crippen LogP contribution in [-0.4, -0.2) is 53.2 Å². The molecule has 1 aromatic carbocycles. The molecular formula is C18H24N4O2S2. The van der Waals surface area contributed by atoms with Gasteiger partial charge < -0.3 is 14.6 Å². The molecule has 0 saturated carbocycles. The Morgan fingerprint density at radius 3 is 2.85 bits per heavy atom. The summed E-state index contributed by atoms with van der Waals surface area (Å²) in [6.45, 7) is 3.11. The summed E-state index contributed by atoms with van der Waals surface area (Å²) >= 11 is 4.06.